The van der Waals surface area contributed by atoms with Gasteiger partial charge in [0.15, 0.2) is 0 Å². The number of fused-ring (bicyclic) bond motifs is 2. The van der Waals surface area contributed by atoms with E-state index >= 15 is 0 Å². The highest BCUT2D eigenvalue weighted by Crippen LogP contribution is 2.38. The van der Waals surface area contributed by atoms with Crippen LogP contribution >= 0.6 is 0 Å². The lowest BCUT2D eigenvalue weighted by Gasteiger charge is -2.54. The Kier molecular flexibility index (Phi) is 8.19. The standard InChI is InChI=1S/C34H35FN6O5/c1-43-29-16-23(34(42)44-2)15-28-33(29)38-31(41(28)18-24-10-13-45-24)19-39-11-12-40(27-9-8-26(27)39)30-4-3-5-32(37-30)46-20-22-7-6-21(17-36)14-25(22)35/h3-7,14-16,24,26-27H,8-13,18-20H2,1-2H3/t24-,26?,27?/m0/s1. The molecule has 4 heterocycles. The van der Waals surface area contributed by atoms with Crippen molar-refractivity contribution in [3.63, 3.8) is 0 Å². The number of imidazole rings is 1. The van der Waals surface area contributed by atoms with Crippen LogP contribution in [0, 0.1) is 17.1 Å². The number of esters is 1. The van der Waals surface area contributed by atoms with Crippen LogP contribution in [0.3, 0.4) is 0 Å². The van der Waals surface area contributed by atoms with Gasteiger partial charge in [0.25, 0.3) is 0 Å². The number of rotatable bonds is 10. The number of piperazine rings is 1. The number of nitriles is 1. The molecule has 238 valence electrons. The maximum Gasteiger partial charge on any atom is 0.338 e. The van der Waals surface area contributed by atoms with Crippen LogP contribution in [0.2, 0.25) is 0 Å². The van der Waals surface area contributed by atoms with Crippen LogP contribution in [0.1, 0.15) is 46.6 Å². The van der Waals surface area contributed by atoms with E-state index in [4.69, 9.17) is 34.2 Å². The lowest BCUT2D eigenvalue weighted by Crippen LogP contribution is -2.64. The first-order valence-corrected chi connectivity index (χ1v) is 15.5. The summed E-state index contributed by atoms with van der Waals surface area (Å²) in [7, 11) is 2.96. The van der Waals surface area contributed by atoms with Gasteiger partial charge in [-0.1, -0.05) is 12.1 Å². The van der Waals surface area contributed by atoms with Crippen LogP contribution < -0.4 is 14.4 Å². The Hall–Kier alpha value is -4.73. The van der Waals surface area contributed by atoms with Gasteiger partial charge in [-0.25, -0.2) is 14.2 Å². The zero-order valence-electron chi connectivity index (χ0n) is 25.8. The van der Waals surface area contributed by atoms with Gasteiger partial charge in [0.05, 0.1) is 56.1 Å². The average molecular weight is 627 g/mol. The summed E-state index contributed by atoms with van der Waals surface area (Å²) in [5, 5.41) is 9.00. The Labute approximate surface area is 266 Å². The number of carbonyl (C=O) groups excluding carboxylic acids is 1. The molecule has 7 rings (SSSR count). The predicted molar refractivity (Wildman–Crippen MR) is 166 cm³/mol. The van der Waals surface area contributed by atoms with E-state index in [1.54, 1.807) is 31.4 Å². The van der Waals surface area contributed by atoms with E-state index in [1.807, 2.05) is 24.3 Å². The van der Waals surface area contributed by atoms with E-state index in [0.29, 0.717) is 47.9 Å². The molecule has 2 unspecified atom stereocenters. The molecule has 3 atom stereocenters. The summed E-state index contributed by atoms with van der Waals surface area (Å²) in [6.07, 6.45) is 3.20. The van der Waals surface area contributed by atoms with Crippen molar-refractivity contribution in [1.29, 1.82) is 5.26 Å². The second kappa shape index (κ2) is 12.6. The minimum absolute atomic E-state index is 0.0205. The first-order chi connectivity index (χ1) is 22.4. The van der Waals surface area contributed by atoms with E-state index in [1.165, 1.54) is 13.2 Å². The number of aromatic nitrogens is 3. The third-order valence-electron chi connectivity index (χ3n) is 9.32. The molecule has 3 fully saturated rings. The van der Waals surface area contributed by atoms with Crippen LogP contribution in [-0.4, -0.2) is 77.5 Å². The molecule has 1 saturated carbocycles. The fourth-order valence-electron chi connectivity index (χ4n) is 6.60. The molecule has 3 aliphatic rings. The minimum atomic E-state index is -0.472. The minimum Gasteiger partial charge on any atom is -0.494 e. The number of hydrogen-bond donors (Lipinski definition) is 0. The molecule has 2 saturated heterocycles. The highest BCUT2D eigenvalue weighted by molar-refractivity contribution is 5.96. The molecule has 11 nitrogen and oxygen atoms in total. The van der Waals surface area contributed by atoms with Gasteiger partial charge in [0, 0.05) is 43.4 Å². The van der Waals surface area contributed by atoms with E-state index in [-0.39, 0.29) is 18.3 Å². The Morgan fingerprint density at radius 3 is 2.63 bits per heavy atom. The molecule has 2 aromatic carbocycles. The molecule has 0 bridgehead atoms. The molecule has 2 aromatic heterocycles. The van der Waals surface area contributed by atoms with Crippen LogP contribution in [-0.2, 0) is 29.2 Å². The van der Waals surface area contributed by atoms with Crippen molar-refractivity contribution < 1.29 is 28.1 Å². The smallest absolute Gasteiger partial charge is 0.338 e. The molecular formula is C34H35FN6O5. The summed E-state index contributed by atoms with van der Waals surface area (Å²) in [4.78, 5) is 27.1. The number of ether oxygens (including phenoxy) is 4. The summed E-state index contributed by atoms with van der Waals surface area (Å²) in [6.45, 7) is 3.67. The quantitative estimate of drug-likeness (QED) is 0.234. The monoisotopic (exact) mass is 626 g/mol. The fraction of sp³-hybridized carbons (Fsp3) is 0.412. The largest absolute Gasteiger partial charge is 0.494 e. The van der Waals surface area contributed by atoms with Gasteiger partial charge in [-0.05, 0) is 49.6 Å². The van der Waals surface area contributed by atoms with Crippen molar-refractivity contribution in [3.05, 3.63) is 76.9 Å². The van der Waals surface area contributed by atoms with Gasteiger partial charge in [0.1, 0.15) is 35.3 Å². The Bertz CT molecular complexity index is 1820. The van der Waals surface area contributed by atoms with Crippen molar-refractivity contribution in [2.24, 2.45) is 0 Å². The van der Waals surface area contributed by atoms with Gasteiger partial charge in [-0.15, -0.1) is 0 Å². The molecule has 46 heavy (non-hydrogen) atoms. The molecule has 1 aliphatic carbocycles. The van der Waals surface area contributed by atoms with Crippen molar-refractivity contribution in [1.82, 2.24) is 19.4 Å². The van der Waals surface area contributed by atoms with E-state index in [2.05, 4.69) is 14.4 Å². The van der Waals surface area contributed by atoms with Crippen LogP contribution in [0.4, 0.5) is 10.2 Å². The zero-order valence-corrected chi connectivity index (χ0v) is 25.8. The summed E-state index contributed by atoms with van der Waals surface area (Å²) in [5.41, 5.74) is 2.61. The molecule has 12 heteroatoms. The van der Waals surface area contributed by atoms with Crippen molar-refractivity contribution in [3.8, 4) is 17.7 Å². The SMILES string of the molecule is COC(=O)c1cc(OC)c2nc(CN3CCN(c4cccc(OCc5ccc(C#N)cc5F)n4)C4CCC43)n(C[C@@H]3CCO3)c2c1. The van der Waals surface area contributed by atoms with Crippen molar-refractivity contribution in [2.45, 2.75) is 57.1 Å². The van der Waals surface area contributed by atoms with Crippen molar-refractivity contribution >= 4 is 22.8 Å². The Balaban J connectivity index is 1.09. The number of nitrogens with zero attached hydrogens (tertiary/aromatic N) is 6. The molecule has 0 radical (unpaired) electrons. The zero-order chi connectivity index (χ0) is 31.8. The van der Waals surface area contributed by atoms with Crippen LogP contribution in [0.25, 0.3) is 11.0 Å². The maximum atomic E-state index is 14.4. The number of pyridine rings is 1. The first-order valence-electron chi connectivity index (χ1n) is 15.5. The number of anilines is 1. The highest BCUT2D eigenvalue weighted by atomic mass is 19.1. The van der Waals surface area contributed by atoms with Crippen molar-refractivity contribution in [2.75, 3.05) is 38.8 Å². The molecule has 0 N–H and O–H groups in total. The molecule has 4 aromatic rings. The molecule has 0 amide bonds. The number of hydrogen-bond acceptors (Lipinski definition) is 10. The number of methoxy groups -OCH3 is 2. The second-order valence-electron chi connectivity index (χ2n) is 11.9. The van der Waals surface area contributed by atoms with E-state index < -0.39 is 11.8 Å². The van der Waals surface area contributed by atoms with Gasteiger partial charge in [-0.3, -0.25) is 4.90 Å². The van der Waals surface area contributed by atoms with Gasteiger partial charge in [-0.2, -0.15) is 10.2 Å². The lowest BCUT2D eigenvalue weighted by atomic mass is 9.81. The summed E-state index contributed by atoms with van der Waals surface area (Å²) >= 11 is 0. The summed E-state index contributed by atoms with van der Waals surface area (Å²) in [5.74, 6) is 1.81. The predicted octanol–water partition coefficient (Wildman–Crippen LogP) is 4.46. The number of halogens is 1. The molecule has 2 aliphatic heterocycles. The molecule has 0 spiro atoms. The molecular weight excluding hydrogens is 591 g/mol. The second-order valence-corrected chi connectivity index (χ2v) is 11.9. The average Bonchev–Trinajstić information content (AvgIpc) is 3.38. The van der Waals surface area contributed by atoms with Crippen LogP contribution in [0.5, 0.6) is 11.6 Å². The van der Waals surface area contributed by atoms with E-state index in [0.717, 1.165) is 61.6 Å². The van der Waals surface area contributed by atoms with Gasteiger partial charge >= 0.3 is 5.97 Å². The Morgan fingerprint density at radius 1 is 1.09 bits per heavy atom. The Morgan fingerprint density at radius 2 is 1.93 bits per heavy atom. The van der Waals surface area contributed by atoms with Gasteiger partial charge in [0.2, 0.25) is 5.88 Å². The third kappa shape index (κ3) is 5.61. The maximum absolute atomic E-state index is 14.4. The van der Waals surface area contributed by atoms with E-state index in [9.17, 15) is 9.18 Å². The van der Waals surface area contributed by atoms with Gasteiger partial charge < -0.3 is 28.4 Å². The summed E-state index contributed by atoms with van der Waals surface area (Å²) < 4.78 is 38.9. The topological polar surface area (TPSA) is 115 Å². The van der Waals surface area contributed by atoms with Crippen LogP contribution in [0.15, 0.2) is 48.5 Å². The normalized spacial score (nSPS) is 20.7. The summed E-state index contributed by atoms with van der Waals surface area (Å²) in [6, 6.07) is 16.1. The highest BCUT2D eigenvalue weighted by Gasteiger charge is 2.44. The fourth-order valence-corrected chi connectivity index (χ4v) is 6.60. The number of carbonyl (C=O) groups is 1. The lowest BCUT2D eigenvalue weighted by molar-refractivity contribution is -0.0594. The number of benzene rings is 2. The third-order valence-corrected chi connectivity index (χ3v) is 9.32. The first kappa shape index (κ1) is 30.0.